The van der Waals surface area contributed by atoms with Crippen molar-refractivity contribution in [3.05, 3.63) is 23.8 Å². The van der Waals surface area contributed by atoms with Crippen LogP contribution in [-0.4, -0.2) is 25.8 Å². The van der Waals surface area contributed by atoms with Crippen LogP contribution in [0.1, 0.15) is 17.3 Å². The second-order valence-electron chi connectivity index (χ2n) is 3.77. The Labute approximate surface area is 106 Å². The second kappa shape index (κ2) is 4.12. The molecule has 0 aromatic heterocycles. The molecule has 1 aromatic carbocycles. The van der Waals surface area contributed by atoms with Crippen molar-refractivity contribution in [1.82, 2.24) is 0 Å². The number of hydrogen-bond acceptors (Lipinski definition) is 5. The zero-order chi connectivity index (χ0) is 14.4. The Morgan fingerprint density at radius 2 is 1.95 bits per heavy atom. The first-order valence-corrected chi connectivity index (χ1v) is 6.38. The zero-order valence-corrected chi connectivity index (χ0v) is 10.2. The molecule has 0 fully saturated rings. The van der Waals surface area contributed by atoms with Gasteiger partial charge >= 0.3 is 15.6 Å². The third kappa shape index (κ3) is 2.37. The molecule has 1 aliphatic heterocycles. The van der Waals surface area contributed by atoms with Gasteiger partial charge in [0.2, 0.25) is 5.78 Å². The van der Waals surface area contributed by atoms with Crippen LogP contribution in [0.3, 0.4) is 0 Å². The molecule has 104 valence electrons. The van der Waals surface area contributed by atoms with Gasteiger partial charge in [0.25, 0.3) is 0 Å². The van der Waals surface area contributed by atoms with Gasteiger partial charge in [-0.2, -0.15) is 21.6 Å². The first-order chi connectivity index (χ1) is 8.62. The van der Waals surface area contributed by atoms with Crippen molar-refractivity contribution >= 4 is 15.9 Å². The summed E-state index contributed by atoms with van der Waals surface area (Å²) in [7, 11) is -5.74. The number of carbonyl (C=O) groups is 1. The molecule has 1 aromatic rings. The van der Waals surface area contributed by atoms with Gasteiger partial charge in [0.15, 0.2) is 6.10 Å². The Balaban J connectivity index is 2.32. The van der Waals surface area contributed by atoms with E-state index in [4.69, 9.17) is 4.74 Å². The number of carbonyl (C=O) groups excluding carboxylic acids is 1. The lowest BCUT2D eigenvalue weighted by atomic mass is 10.1. The average molecular weight is 296 g/mol. The van der Waals surface area contributed by atoms with Crippen LogP contribution in [0.2, 0.25) is 0 Å². The number of alkyl halides is 3. The molecule has 0 amide bonds. The standard InChI is InChI=1S/C10H7F3O5S/c1-5-9(14)7-3-2-6(4-8(7)17-5)18-19(15,16)10(11,12)13/h2-5H,1H3. The maximum absolute atomic E-state index is 12.1. The normalized spacial score (nSPS) is 18.9. The molecule has 9 heteroatoms. The quantitative estimate of drug-likeness (QED) is 0.615. The molecular formula is C10H7F3O5S. The summed E-state index contributed by atoms with van der Waals surface area (Å²) < 4.78 is 66.9. The van der Waals surface area contributed by atoms with Gasteiger partial charge in [-0.05, 0) is 19.1 Å². The molecule has 1 unspecified atom stereocenters. The highest BCUT2D eigenvalue weighted by Gasteiger charge is 2.48. The molecule has 19 heavy (non-hydrogen) atoms. The van der Waals surface area contributed by atoms with Gasteiger partial charge in [-0.1, -0.05) is 0 Å². The maximum Gasteiger partial charge on any atom is 0.534 e. The minimum Gasteiger partial charge on any atom is -0.482 e. The molecular weight excluding hydrogens is 289 g/mol. The van der Waals surface area contributed by atoms with Crippen LogP contribution in [0, 0.1) is 0 Å². The molecule has 1 atom stereocenters. The highest BCUT2D eigenvalue weighted by molar-refractivity contribution is 7.88. The number of ether oxygens (including phenoxy) is 1. The summed E-state index contributed by atoms with van der Waals surface area (Å²) in [4.78, 5) is 11.5. The smallest absolute Gasteiger partial charge is 0.482 e. The summed E-state index contributed by atoms with van der Waals surface area (Å²) in [6.45, 7) is 1.47. The largest absolute Gasteiger partial charge is 0.534 e. The maximum atomic E-state index is 12.1. The molecule has 0 radical (unpaired) electrons. The van der Waals surface area contributed by atoms with Gasteiger partial charge in [-0.3, -0.25) is 4.79 Å². The highest BCUT2D eigenvalue weighted by Crippen LogP contribution is 2.34. The molecule has 0 spiro atoms. The van der Waals surface area contributed by atoms with Crippen LogP contribution in [-0.2, 0) is 10.1 Å². The fourth-order valence-electron chi connectivity index (χ4n) is 1.49. The van der Waals surface area contributed by atoms with E-state index >= 15 is 0 Å². The molecule has 1 aliphatic rings. The van der Waals surface area contributed by atoms with Gasteiger partial charge in [-0.15, -0.1) is 0 Å². The predicted octanol–water partition coefficient (Wildman–Crippen LogP) is 1.88. The van der Waals surface area contributed by atoms with Crippen molar-refractivity contribution < 1.29 is 35.3 Å². The first-order valence-electron chi connectivity index (χ1n) is 4.97. The third-order valence-corrected chi connectivity index (χ3v) is 3.36. The number of rotatable bonds is 2. The van der Waals surface area contributed by atoms with E-state index in [0.29, 0.717) is 0 Å². The second-order valence-corrected chi connectivity index (χ2v) is 5.30. The van der Waals surface area contributed by atoms with Crippen molar-refractivity contribution in [3.63, 3.8) is 0 Å². The number of halogens is 3. The van der Waals surface area contributed by atoms with Crippen LogP contribution < -0.4 is 8.92 Å². The lowest BCUT2D eigenvalue weighted by molar-refractivity contribution is -0.0500. The Kier molecular flexibility index (Phi) is 2.96. The molecule has 5 nitrogen and oxygen atoms in total. The van der Waals surface area contributed by atoms with Crippen molar-refractivity contribution in [1.29, 1.82) is 0 Å². The van der Waals surface area contributed by atoms with Crippen LogP contribution in [0.5, 0.6) is 11.5 Å². The van der Waals surface area contributed by atoms with E-state index in [1.807, 2.05) is 0 Å². The fourth-order valence-corrected chi connectivity index (χ4v) is 1.94. The summed E-state index contributed by atoms with van der Waals surface area (Å²) in [6.07, 6.45) is -0.760. The van der Waals surface area contributed by atoms with E-state index in [1.54, 1.807) is 0 Å². The fraction of sp³-hybridized carbons (Fsp3) is 0.300. The van der Waals surface area contributed by atoms with Crippen molar-refractivity contribution in [3.8, 4) is 11.5 Å². The van der Waals surface area contributed by atoms with E-state index in [-0.39, 0.29) is 17.1 Å². The van der Waals surface area contributed by atoms with Crippen LogP contribution in [0.15, 0.2) is 18.2 Å². The van der Waals surface area contributed by atoms with Gasteiger partial charge in [0, 0.05) is 6.07 Å². The van der Waals surface area contributed by atoms with Crippen molar-refractivity contribution in [2.24, 2.45) is 0 Å². The summed E-state index contributed by atoms with van der Waals surface area (Å²) in [5, 5.41) is 0. The van der Waals surface area contributed by atoms with E-state index < -0.39 is 27.5 Å². The highest BCUT2D eigenvalue weighted by atomic mass is 32.2. The zero-order valence-electron chi connectivity index (χ0n) is 9.39. The lowest BCUT2D eigenvalue weighted by Gasteiger charge is -2.09. The molecule has 0 aliphatic carbocycles. The van der Waals surface area contributed by atoms with Crippen LogP contribution in [0.4, 0.5) is 13.2 Å². The molecule has 1 heterocycles. The Morgan fingerprint density at radius 1 is 1.32 bits per heavy atom. The van der Waals surface area contributed by atoms with Crippen molar-refractivity contribution in [2.45, 2.75) is 18.5 Å². The van der Waals surface area contributed by atoms with Crippen LogP contribution in [0.25, 0.3) is 0 Å². The average Bonchev–Trinajstić information content (AvgIpc) is 2.52. The lowest BCUT2D eigenvalue weighted by Crippen LogP contribution is -2.28. The van der Waals surface area contributed by atoms with E-state index in [1.165, 1.54) is 6.92 Å². The topological polar surface area (TPSA) is 69.7 Å². The summed E-state index contributed by atoms with van der Waals surface area (Å²) in [6, 6.07) is 3.05. The number of Topliss-reactive ketones (excluding diaryl/α,β-unsaturated/α-hetero) is 1. The molecule has 0 saturated carbocycles. The van der Waals surface area contributed by atoms with Gasteiger partial charge < -0.3 is 8.92 Å². The SMILES string of the molecule is CC1Oc2cc(OS(=O)(=O)C(F)(F)F)ccc2C1=O. The number of benzene rings is 1. The minimum atomic E-state index is -5.74. The van der Waals surface area contributed by atoms with E-state index in [2.05, 4.69) is 4.18 Å². The number of fused-ring (bicyclic) bond motifs is 1. The minimum absolute atomic E-state index is 0.00706. The van der Waals surface area contributed by atoms with Crippen LogP contribution >= 0.6 is 0 Å². The number of hydrogen-bond donors (Lipinski definition) is 0. The van der Waals surface area contributed by atoms with E-state index in [0.717, 1.165) is 18.2 Å². The Bertz CT molecular complexity index is 635. The summed E-state index contributed by atoms with van der Waals surface area (Å²) in [5.41, 5.74) is -5.35. The Morgan fingerprint density at radius 3 is 2.53 bits per heavy atom. The van der Waals surface area contributed by atoms with Gasteiger partial charge in [0.05, 0.1) is 5.56 Å². The van der Waals surface area contributed by atoms with Crippen molar-refractivity contribution in [2.75, 3.05) is 0 Å². The van der Waals surface area contributed by atoms with Gasteiger partial charge in [0.1, 0.15) is 11.5 Å². The molecule has 2 rings (SSSR count). The molecule has 0 N–H and O–H groups in total. The monoisotopic (exact) mass is 296 g/mol. The summed E-state index contributed by atoms with van der Waals surface area (Å²) in [5.74, 6) is -0.912. The van der Waals surface area contributed by atoms with Gasteiger partial charge in [-0.25, -0.2) is 0 Å². The predicted molar refractivity (Wildman–Crippen MR) is 56.5 cm³/mol. The third-order valence-electron chi connectivity index (χ3n) is 2.38. The first kappa shape index (κ1) is 13.7. The number of ketones is 1. The molecule has 0 bridgehead atoms. The summed E-state index contributed by atoms with van der Waals surface area (Å²) >= 11 is 0. The molecule has 0 saturated heterocycles. The Hall–Kier alpha value is -1.77. The van der Waals surface area contributed by atoms with E-state index in [9.17, 15) is 26.4 Å².